The van der Waals surface area contributed by atoms with Gasteiger partial charge in [0.2, 0.25) is 0 Å². The second kappa shape index (κ2) is 7.34. The van der Waals surface area contributed by atoms with Crippen LogP contribution in [0.2, 0.25) is 0 Å². The van der Waals surface area contributed by atoms with E-state index in [0.29, 0.717) is 6.54 Å². The number of benzene rings is 1. The van der Waals surface area contributed by atoms with Crippen LogP contribution in [0, 0.1) is 0 Å². The van der Waals surface area contributed by atoms with E-state index in [0.717, 1.165) is 35.8 Å². The van der Waals surface area contributed by atoms with Gasteiger partial charge in [0.25, 0.3) is 0 Å². The van der Waals surface area contributed by atoms with Crippen molar-refractivity contribution in [1.82, 2.24) is 4.90 Å². The summed E-state index contributed by atoms with van der Waals surface area (Å²) in [6, 6.07) is 10.3. The second-order valence-corrected chi connectivity index (χ2v) is 6.77. The molecule has 1 aromatic heterocycles. The zero-order chi connectivity index (χ0) is 16.2. The fourth-order valence-corrected chi connectivity index (χ4v) is 3.99. The molecular formula is C18H23NO3S. The van der Waals surface area contributed by atoms with Gasteiger partial charge < -0.3 is 14.6 Å². The molecule has 1 aliphatic heterocycles. The molecule has 2 atom stereocenters. The van der Waals surface area contributed by atoms with Gasteiger partial charge in [-0.2, -0.15) is 0 Å². The summed E-state index contributed by atoms with van der Waals surface area (Å²) in [4.78, 5) is 3.38. The van der Waals surface area contributed by atoms with E-state index in [4.69, 9.17) is 9.47 Å². The number of hydrogen-bond acceptors (Lipinski definition) is 5. The zero-order valence-corrected chi connectivity index (χ0v) is 14.4. The van der Waals surface area contributed by atoms with Gasteiger partial charge in [0, 0.05) is 29.1 Å². The molecule has 4 nitrogen and oxygen atoms in total. The average Bonchev–Trinajstić information content (AvgIpc) is 3.26. The minimum atomic E-state index is -0.431. The Morgan fingerprint density at radius 1 is 1.30 bits per heavy atom. The number of likely N-dealkylation sites (tertiary alicyclic amines) is 1. The Kier molecular flexibility index (Phi) is 5.20. The van der Waals surface area contributed by atoms with E-state index in [-0.39, 0.29) is 6.04 Å². The molecule has 0 radical (unpaired) electrons. The SMILES string of the molecule is COc1ccc([C@@H]2CCCN2C[C@@H](O)c2cccs2)c(OC)c1. The highest BCUT2D eigenvalue weighted by molar-refractivity contribution is 7.10. The van der Waals surface area contributed by atoms with Gasteiger partial charge in [-0.1, -0.05) is 12.1 Å². The van der Waals surface area contributed by atoms with Crippen LogP contribution in [0.25, 0.3) is 0 Å². The molecule has 1 aromatic carbocycles. The molecule has 1 N–H and O–H groups in total. The largest absolute Gasteiger partial charge is 0.497 e. The number of hydrogen-bond donors (Lipinski definition) is 1. The van der Waals surface area contributed by atoms with Crippen LogP contribution in [0.5, 0.6) is 11.5 Å². The fourth-order valence-electron chi connectivity index (χ4n) is 3.28. The maximum atomic E-state index is 10.5. The first-order chi connectivity index (χ1) is 11.2. The van der Waals surface area contributed by atoms with Crippen molar-refractivity contribution in [3.05, 3.63) is 46.2 Å². The molecule has 3 rings (SSSR count). The molecule has 0 unspecified atom stereocenters. The van der Waals surface area contributed by atoms with Crippen LogP contribution in [-0.4, -0.2) is 37.3 Å². The molecule has 1 fully saturated rings. The molecule has 1 aliphatic rings. The first kappa shape index (κ1) is 16.3. The minimum Gasteiger partial charge on any atom is -0.497 e. The Morgan fingerprint density at radius 3 is 2.87 bits per heavy atom. The number of β-amino-alcohol motifs (C(OH)–C–C–N with tert-alkyl or cyclic N) is 1. The smallest absolute Gasteiger partial charge is 0.127 e. The van der Waals surface area contributed by atoms with Gasteiger partial charge in [-0.3, -0.25) is 4.90 Å². The molecule has 0 saturated carbocycles. The van der Waals surface area contributed by atoms with Crippen molar-refractivity contribution in [2.24, 2.45) is 0 Å². The molecule has 0 amide bonds. The summed E-state index contributed by atoms with van der Waals surface area (Å²) in [5, 5.41) is 12.5. The molecular weight excluding hydrogens is 310 g/mol. The van der Waals surface area contributed by atoms with Crippen molar-refractivity contribution in [3.63, 3.8) is 0 Å². The molecule has 5 heteroatoms. The standard InChI is InChI=1S/C18H23NO3S/c1-21-13-7-8-14(17(11-13)22-2)15-5-3-9-19(15)12-16(20)18-6-4-10-23-18/h4,6-8,10-11,15-16,20H,3,5,9,12H2,1-2H3/t15-,16+/m0/s1. The fraction of sp³-hybridized carbons (Fsp3) is 0.444. The van der Waals surface area contributed by atoms with Gasteiger partial charge in [-0.25, -0.2) is 0 Å². The summed E-state index contributed by atoms with van der Waals surface area (Å²) >= 11 is 1.61. The first-order valence-electron chi connectivity index (χ1n) is 7.90. The topological polar surface area (TPSA) is 41.9 Å². The highest BCUT2D eigenvalue weighted by atomic mass is 32.1. The van der Waals surface area contributed by atoms with Gasteiger partial charge >= 0.3 is 0 Å². The Bertz CT molecular complexity index is 629. The quantitative estimate of drug-likeness (QED) is 0.876. The normalized spacial score (nSPS) is 19.7. The molecule has 124 valence electrons. The van der Waals surface area contributed by atoms with Crippen molar-refractivity contribution >= 4 is 11.3 Å². The molecule has 0 bridgehead atoms. The van der Waals surface area contributed by atoms with Crippen LogP contribution in [0.15, 0.2) is 35.7 Å². The average molecular weight is 333 g/mol. The summed E-state index contributed by atoms with van der Waals surface area (Å²) in [6.45, 7) is 1.66. The lowest BCUT2D eigenvalue weighted by Crippen LogP contribution is -2.28. The van der Waals surface area contributed by atoms with E-state index in [1.54, 1.807) is 25.6 Å². The van der Waals surface area contributed by atoms with E-state index in [1.165, 1.54) is 5.56 Å². The lowest BCUT2D eigenvalue weighted by atomic mass is 10.0. The third kappa shape index (κ3) is 3.52. The number of methoxy groups -OCH3 is 2. The van der Waals surface area contributed by atoms with Crippen molar-refractivity contribution in [2.75, 3.05) is 27.3 Å². The zero-order valence-electron chi connectivity index (χ0n) is 13.6. The van der Waals surface area contributed by atoms with Gasteiger partial charge in [-0.05, 0) is 36.9 Å². The number of aliphatic hydroxyl groups is 1. The predicted octanol–water partition coefficient (Wildman–Crippen LogP) is 3.64. The van der Waals surface area contributed by atoms with E-state index in [9.17, 15) is 5.11 Å². The van der Waals surface area contributed by atoms with Crippen LogP contribution >= 0.6 is 11.3 Å². The maximum Gasteiger partial charge on any atom is 0.127 e. The third-order valence-electron chi connectivity index (χ3n) is 4.44. The van der Waals surface area contributed by atoms with Crippen LogP contribution < -0.4 is 9.47 Å². The molecule has 0 spiro atoms. The second-order valence-electron chi connectivity index (χ2n) is 5.79. The number of nitrogens with zero attached hydrogens (tertiary/aromatic N) is 1. The van der Waals surface area contributed by atoms with Gasteiger partial charge in [0.15, 0.2) is 0 Å². The maximum absolute atomic E-state index is 10.5. The molecule has 2 aromatic rings. The van der Waals surface area contributed by atoms with Crippen molar-refractivity contribution in [1.29, 1.82) is 0 Å². The highest BCUT2D eigenvalue weighted by Gasteiger charge is 2.30. The van der Waals surface area contributed by atoms with Crippen LogP contribution in [0.3, 0.4) is 0 Å². The van der Waals surface area contributed by atoms with E-state index in [1.807, 2.05) is 29.6 Å². The van der Waals surface area contributed by atoms with Gasteiger partial charge in [0.05, 0.1) is 14.2 Å². The van der Waals surface area contributed by atoms with Crippen LogP contribution in [-0.2, 0) is 0 Å². The van der Waals surface area contributed by atoms with Crippen molar-refractivity contribution in [3.8, 4) is 11.5 Å². The molecule has 2 heterocycles. The van der Waals surface area contributed by atoms with Crippen LogP contribution in [0.1, 0.15) is 35.4 Å². The minimum absolute atomic E-state index is 0.283. The molecule has 0 aliphatic carbocycles. The molecule has 23 heavy (non-hydrogen) atoms. The summed E-state index contributed by atoms with van der Waals surface area (Å²) in [7, 11) is 3.35. The van der Waals surface area contributed by atoms with Gasteiger partial charge in [0.1, 0.15) is 17.6 Å². The first-order valence-corrected chi connectivity index (χ1v) is 8.78. The summed E-state index contributed by atoms with van der Waals surface area (Å²) in [5.41, 5.74) is 1.17. The number of rotatable bonds is 6. The van der Waals surface area contributed by atoms with E-state index >= 15 is 0 Å². The van der Waals surface area contributed by atoms with Crippen molar-refractivity contribution in [2.45, 2.75) is 25.0 Å². The predicted molar refractivity (Wildman–Crippen MR) is 92.4 cm³/mol. The van der Waals surface area contributed by atoms with Gasteiger partial charge in [-0.15, -0.1) is 11.3 Å². The monoisotopic (exact) mass is 333 g/mol. The summed E-state index contributed by atoms with van der Waals surface area (Å²) < 4.78 is 10.8. The number of ether oxygens (including phenoxy) is 2. The lowest BCUT2D eigenvalue weighted by Gasteiger charge is -2.28. The number of thiophene rings is 1. The Balaban J connectivity index is 1.78. The number of aliphatic hydroxyl groups excluding tert-OH is 1. The third-order valence-corrected chi connectivity index (χ3v) is 5.42. The Labute approximate surface area is 141 Å². The van der Waals surface area contributed by atoms with E-state index < -0.39 is 6.10 Å². The Hall–Kier alpha value is -1.56. The summed E-state index contributed by atoms with van der Waals surface area (Å²) in [6.07, 6.45) is 1.79. The summed E-state index contributed by atoms with van der Waals surface area (Å²) in [5.74, 6) is 1.65. The lowest BCUT2D eigenvalue weighted by molar-refractivity contribution is 0.108. The Morgan fingerprint density at radius 2 is 2.17 bits per heavy atom. The van der Waals surface area contributed by atoms with Crippen molar-refractivity contribution < 1.29 is 14.6 Å². The van der Waals surface area contributed by atoms with E-state index in [2.05, 4.69) is 11.0 Å². The molecule has 1 saturated heterocycles. The van der Waals surface area contributed by atoms with Crippen LogP contribution in [0.4, 0.5) is 0 Å². The highest BCUT2D eigenvalue weighted by Crippen LogP contribution is 2.39.